The molecule has 2 fully saturated rings. The lowest BCUT2D eigenvalue weighted by atomic mass is 9.90. The Hall–Kier alpha value is -1.64. The highest BCUT2D eigenvalue weighted by Gasteiger charge is 2.64. The molecule has 3 heteroatoms. The summed E-state index contributed by atoms with van der Waals surface area (Å²) in [7, 11) is 0. The van der Waals surface area contributed by atoms with Crippen molar-refractivity contribution in [1.29, 1.82) is 0 Å². The van der Waals surface area contributed by atoms with E-state index in [0.29, 0.717) is 5.92 Å². The lowest BCUT2D eigenvalue weighted by Crippen LogP contribution is -2.23. The number of nitrogens with zero attached hydrogens (tertiary/aromatic N) is 1. The minimum absolute atomic E-state index is 0.107. The van der Waals surface area contributed by atoms with Gasteiger partial charge in [0.15, 0.2) is 0 Å². The van der Waals surface area contributed by atoms with E-state index in [1.54, 1.807) is 0 Å². The van der Waals surface area contributed by atoms with Gasteiger partial charge >= 0.3 is 0 Å². The first-order chi connectivity index (χ1) is 10.0. The Labute approximate surface area is 126 Å². The second kappa shape index (κ2) is 5.28. The van der Waals surface area contributed by atoms with Gasteiger partial charge in [-0.2, -0.15) is 5.10 Å². The summed E-state index contributed by atoms with van der Waals surface area (Å²) in [4.78, 5) is 12.3. The van der Waals surface area contributed by atoms with Crippen LogP contribution in [0.3, 0.4) is 0 Å². The third-order valence-corrected chi connectivity index (χ3v) is 5.42. The third-order valence-electron chi connectivity index (χ3n) is 5.42. The Morgan fingerprint density at radius 1 is 1.29 bits per heavy atom. The predicted molar refractivity (Wildman–Crippen MR) is 85.1 cm³/mol. The van der Waals surface area contributed by atoms with Gasteiger partial charge in [-0.3, -0.25) is 4.79 Å². The molecule has 2 aliphatic carbocycles. The fourth-order valence-corrected chi connectivity index (χ4v) is 3.92. The molecular weight excluding hydrogens is 260 g/mol. The highest BCUT2D eigenvalue weighted by atomic mass is 16.2. The van der Waals surface area contributed by atoms with Crippen LogP contribution in [-0.4, -0.2) is 11.6 Å². The van der Waals surface area contributed by atoms with E-state index in [-0.39, 0.29) is 17.2 Å². The van der Waals surface area contributed by atoms with Gasteiger partial charge in [-0.15, -0.1) is 0 Å². The molecule has 3 rings (SSSR count). The molecule has 3 atom stereocenters. The lowest BCUT2D eigenvalue weighted by molar-refractivity contribution is -0.123. The summed E-state index contributed by atoms with van der Waals surface area (Å²) in [6.07, 6.45) is 4.93. The maximum atomic E-state index is 12.3. The van der Waals surface area contributed by atoms with Gasteiger partial charge in [0, 0.05) is 5.92 Å². The van der Waals surface area contributed by atoms with E-state index in [2.05, 4.69) is 36.5 Å². The monoisotopic (exact) mass is 284 g/mol. The van der Waals surface area contributed by atoms with Gasteiger partial charge < -0.3 is 0 Å². The Morgan fingerprint density at radius 2 is 2.00 bits per heavy atom. The molecule has 21 heavy (non-hydrogen) atoms. The standard InChI is InChI=1S/C18H24N2O/c1-12-7-9-14(10-8-12)13(2)19-20-17(21)16-15-6-4-5-11-18(15,16)3/h7-10,15-16H,4-6,11H2,1-3H3,(H,20,21)/b19-13-/t15-,16+,18-/m1/s1. The van der Waals surface area contributed by atoms with Gasteiger partial charge in [-0.05, 0) is 43.6 Å². The third kappa shape index (κ3) is 2.61. The fraction of sp³-hybridized carbons (Fsp3) is 0.556. The smallest absolute Gasteiger partial charge is 0.244 e. The maximum absolute atomic E-state index is 12.3. The van der Waals surface area contributed by atoms with Gasteiger partial charge in [0.2, 0.25) is 5.91 Å². The Kier molecular flexibility index (Phi) is 3.60. The molecule has 0 spiro atoms. The normalized spacial score (nSPS) is 31.5. The van der Waals surface area contributed by atoms with Gasteiger partial charge in [0.25, 0.3) is 0 Å². The summed E-state index contributed by atoms with van der Waals surface area (Å²) in [5, 5.41) is 4.29. The molecule has 1 amide bonds. The minimum Gasteiger partial charge on any atom is -0.273 e. The van der Waals surface area contributed by atoms with Crippen LogP contribution in [0.2, 0.25) is 0 Å². The topological polar surface area (TPSA) is 41.5 Å². The van der Waals surface area contributed by atoms with Gasteiger partial charge in [-0.25, -0.2) is 5.43 Å². The molecule has 3 nitrogen and oxygen atoms in total. The first kappa shape index (κ1) is 14.3. The number of carbonyl (C=O) groups is 1. The molecule has 112 valence electrons. The molecule has 0 aliphatic heterocycles. The van der Waals surface area contributed by atoms with Crippen LogP contribution in [0.4, 0.5) is 0 Å². The van der Waals surface area contributed by atoms with Crippen molar-refractivity contribution in [1.82, 2.24) is 5.43 Å². The van der Waals surface area contributed by atoms with E-state index >= 15 is 0 Å². The quantitative estimate of drug-likeness (QED) is 0.668. The summed E-state index contributed by atoms with van der Waals surface area (Å²) in [5.41, 5.74) is 6.18. The number of aryl methyl sites for hydroxylation is 1. The van der Waals surface area contributed by atoms with E-state index in [1.807, 2.05) is 19.1 Å². The number of amides is 1. The summed E-state index contributed by atoms with van der Waals surface area (Å²) in [5.74, 6) is 0.867. The van der Waals surface area contributed by atoms with Crippen molar-refractivity contribution in [3.8, 4) is 0 Å². The summed E-state index contributed by atoms with van der Waals surface area (Å²) >= 11 is 0. The number of hydrazone groups is 1. The SMILES string of the molecule is C/C(=N/NC(=O)[C@@H]1[C@H]2CCCC[C@]21C)c1ccc(C)cc1. The molecule has 2 aliphatic rings. The largest absolute Gasteiger partial charge is 0.273 e. The molecule has 0 unspecified atom stereocenters. The second-order valence-corrected chi connectivity index (χ2v) is 6.88. The number of fused-ring (bicyclic) bond motifs is 1. The van der Waals surface area contributed by atoms with Gasteiger partial charge in [0.05, 0.1) is 5.71 Å². The van der Waals surface area contributed by atoms with Crippen molar-refractivity contribution in [2.75, 3.05) is 0 Å². The van der Waals surface area contributed by atoms with Crippen LogP contribution in [0.1, 0.15) is 50.7 Å². The van der Waals surface area contributed by atoms with Crippen LogP contribution in [-0.2, 0) is 4.79 Å². The molecular formula is C18H24N2O. The number of hydrogen-bond donors (Lipinski definition) is 1. The molecule has 2 saturated carbocycles. The van der Waals surface area contributed by atoms with Gasteiger partial charge in [-0.1, -0.05) is 49.6 Å². The Bertz CT molecular complexity index is 575. The van der Waals surface area contributed by atoms with E-state index in [4.69, 9.17) is 0 Å². The van der Waals surface area contributed by atoms with Crippen LogP contribution in [0.5, 0.6) is 0 Å². The molecule has 0 aromatic heterocycles. The zero-order valence-electron chi connectivity index (χ0n) is 13.1. The molecule has 0 bridgehead atoms. The van der Waals surface area contributed by atoms with Crippen molar-refractivity contribution in [2.45, 2.75) is 46.5 Å². The zero-order chi connectivity index (χ0) is 15.0. The van der Waals surface area contributed by atoms with E-state index in [1.165, 1.54) is 31.2 Å². The Morgan fingerprint density at radius 3 is 2.62 bits per heavy atom. The summed E-state index contributed by atoms with van der Waals surface area (Å²) in [6, 6.07) is 8.20. The number of nitrogens with one attached hydrogen (secondary N) is 1. The molecule has 0 saturated heterocycles. The first-order valence-electron chi connectivity index (χ1n) is 7.93. The molecule has 0 radical (unpaired) electrons. The van der Waals surface area contributed by atoms with Crippen LogP contribution >= 0.6 is 0 Å². The van der Waals surface area contributed by atoms with Crippen molar-refractivity contribution in [2.24, 2.45) is 22.4 Å². The maximum Gasteiger partial charge on any atom is 0.244 e. The van der Waals surface area contributed by atoms with E-state index in [0.717, 1.165) is 11.3 Å². The molecule has 1 aromatic carbocycles. The summed E-state index contributed by atoms with van der Waals surface area (Å²) in [6.45, 7) is 6.26. The highest BCUT2D eigenvalue weighted by molar-refractivity contribution is 5.99. The fourth-order valence-electron chi connectivity index (χ4n) is 3.92. The van der Waals surface area contributed by atoms with E-state index in [9.17, 15) is 4.79 Å². The minimum atomic E-state index is 0.107. The number of rotatable bonds is 3. The Balaban J connectivity index is 1.63. The van der Waals surface area contributed by atoms with Crippen molar-refractivity contribution in [3.05, 3.63) is 35.4 Å². The molecule has 1 aromatic rings. The second-order valence-electron chi connectivity index (χ2n) is 6.88. The first-order valence-corrected chi connectivity index (χ1v) is 7.93. The summed E-state index contributed by atoms with van der Waals surface area (Å²) < 4.78 is 0. The van der Waals surface area contributed by atoms with Crippen LogP contribution in [0.15, 0.2) is 29.4 Å². The van der Waals surface area contributed by atoms with Gasteiger partial charge in [0.1, 0.15) is 0 Å². The van der Waals surface area contributed by atoms with Crippen LogP contribution in [0.25, 0.3) is 0 Å². The number of hydrogen-bond acceptors (Lipinski definition) is 2. The van der Waals surface area contributed by atoms with Crippen LogP contribution in [0, 0.1) is 24.2 Å². The molecule has 0 heterocycles. The van der Waals surface area contributed by atoms with E-state index < -0.39 is 0 Å². The average Bonchev–Trinajstić information content (AvgIpc) is 3.11. The molecule has 1 N–H and O–H groups in total. The predicted octanol–water partition coefficient (Wildman–Crippen LogP) is 3.66. The van der Waals surface area contributed by atoms with Crippen molar-refractivity contribution < 1.29 is 4.79 Å². The van der Waals surface area contributed by atoms with Crippen molar-refractivity contribution in [3.63, 3.8) is 0 Å². The average molecular weight is 284 g/mol. The number of carbonyl (C=O) groups excluding carboxylic acids is 1. The lowest BCUT2D eigenvalue weighted by Gasteiger charge is -2.15. The number of benzene rings is 1. The zero-order valence-corrected chi connectivity index (χ0v) is 13.1. The van der Waals surface area contributed by atoms with Crippen molar-refractivity contribution >= 4 is 11.6 Å². The highest BCUT2D eigenvalue weighted by Crippen LogP contribution is 2.66. The van der Waals surface area contributed by atoms with Crippen LogP contribution < -0.4 is 5.43 Å².